The van der Waals surface area contributed by atoms with E-state index in [1.165, 1.54) is 37.4 Å². The Kier molecular flexibility index (Phi) is 7.90. The second-order valence-electron chi connectivity index (χ2n) is 7.48. The molecule has 0 fully saturated rings. The van der Waals surface area contributed by atoms with Gasteiger partial charge in [0, 0.05) is 11.3 Å². The number of ether oxygens (including phenoxy) is 2. The van der Waals surface area contributed by atoms with E-state index in [0.717, 1.165) is 17.7 Å². The Bertz CT molecular complexity index is 1280. The van der Waals surface area contributed by atoms with Crippen molar-refractivity contribution in [3.8, 4) is 11.5 Å². The molecular formula is C24H23F3N2O5S. The summed E-state index contributed by atoms with van der Waals surface area (Å²) in [4.78, 5) is 12.1. The van der Waals surface area contributed by atoms with Crippen LogP contribution in [-0.2, 0) is 21.0 Å². The lowest BCUT2D eigenvalue weighted by Gasteiger charge is -2.17. The minimum Gasteiger partial charge on any atom is -0.496 e. The lowest BCUT2D eigenvalue weighted by atomic mass is 10.1. The highest BCUT2D eigenvalue weighted by Gasteiger charge is 2.30. The van der Waals surface area contributed by atoms with Crippen molar-refractivity contribution in [3.05, 3.63) is 83.9 Å². The van der Waals surface area contributed by atoms with E-state index in [0.29, 0.717) is 11.8 Å². The largest absolute Gasteiger partial charge is 0.496 e. The summed E-state index contributed by atoms with van der Waals surface area (Å²) in [5.74, 6) is 0.478. The number of rotatable bonds is 9. The minimum absolute atomic E-state index is 0.184. The third kappa shape index (κ3) is 6.89. The quantitative estimate of drug-likeness (QED) is 0.434. The van der Waals surface area contributed by atoms with Gasteiger partial charge in [-0.3, -0.25) is 9.52 Å². The van der Waals surface area contributed by atoms with Crippen LogP contribution in [0.4, 0.5) is 18.9 Å². The summed E-state index contributed by atoms with van der Waals surface area (Å²) >= 11 is 0. The normalized spacial score (nSPS) is 12.5. The van der Waals surface area contributed by atoms with Crippen LogP contribution in [0.5, 0.6) is 11.5 Å². The number of amides is 1. The van der Waals surface area contributed by atoms with Gasteiger partial charge in [-0.15, -0.1) is 0 Å². The van der Waals surface area contributed by atoms with Gasteiger partial charge in [-0.25, -0.2) is 8.42 Å². The van der Waals surface area contributed by atoms with Crippen LogP contribution in [-0.4, -0.2) is 28.0 Å². The molecule has 0 aliphatic heterocycles. The van der Waals surface area contributed by atoms with Gasteiger partial charge < -0.3 is 14.8 Å². The molecule has 0 heterocycles. The molecule has 0 unspecified atom stereocenters. The Labute approximate surface area is 200 Å². The number of carbonyl (C=O) groups is 1. The third-order valence-corrected chi connectivity index (χ3v) is 6.33. The molecule has 1 amide bonds. The number of nitrogens with one attached hydrogen (secondary N) is 2. The van der Waals surface area contributed by atoms with E-state index < -0.39 is 27.7 Å². The molecule has 0 spiro atoms. The van der Waals surface area contributed by atoms with Crippen LogP contribution < -0.4 is 19.5 Å². The predicted molar refractivity (Wildman–Crippen MR) is 124 cm³/mol. The van der Waals surface area contributed by atoms with E-state index in [-0.39, 0.29) is 29.0 Å². The van der Waals surface area contributed by atoms with E-state index in [9.17, 15) is 26.4 Å². The summed E-state index contributed by atoms with van der Waals surface area (Å²) in [7, 11) is -2.60. The van der Waals surface area contributed by atoms with E-state index in [2.05, 4.69) is 10.0 Å². The van der Waals surface area contributed by atoms with Gasteiger partial charge in [0.2, 0.25) is 0 Å². The topological polar surface area (TPSA) is 93.7 Å². The van der Waals surface area contributed by atoms with Gasteiger partial charge in [-0.2, -0.15) is 13.2 Å². The number of halogens is 3. The maximum Gasteiger partial charge on any atom is 0.416 e. The molecule has 0 radical (unpaired) electrons. The number of carbonyl (C=O) groups excluding carboxylic acids is 1. The molecule has 11 heteroatoms. The molecule has 1 atom stereocenters. The van der Waals surface area contributed by atoms with Gasteiger partial charge in [0.05, 0.1) is 23.6 Å². The van der Waals surface area contributed by atoms with Crippen molar-refractivity contribution in [2.75, 3.05) is 18.4 Å². The highest BCUT2D eigenvalue weighted by Crippen LogP contribution is 2.31. The van der Waals surface area contributed by atoms with Gasteiger partial charge in [0.1, 0.15) is 11.5 Å². The number of alkyl halides is 3. The average Bonchev–Trinajstić information content (AvgIpc) is 2.82. The molecule has 0 aromatic heterocycles. The van der Waals surface area contributed by atoms with Crippen molar-refractivity contribution >= 4 is 21.6 Å². The van der Waals surface area contributed by atoms with Crippen molar-refractivity contribution < 1.29 is 35.9 Å². The molecule has 3 aromatic rings. The molecule has 0 aliphatic carbocycles. The third-order valence-electron chi connectivity index (χ3n) is 4.93. The standard InChI is InChI=1S/C24H23F3N2O5S/c1-16(21-8-3-4-9-22(21)33-2)28-23(30)15-34-19-10-12-20(13-11-19)35(31,32)29-18-7-5-6-17(14-18)24(25,26)27/h3-14,16,29H,15H2,1-2H3,(H,28,30)/t16-/m0/s1. The summed E-state index contributed by atoms with van der Waals surface area (Å²) < 4.78 is 76.5. The number of para-hydroxylation sites is 1. The van der Waals surface area contributed by atoms with Crippen LogP contribution in [0.3, 0.4) is 0 Å². The second-order valence-corrected chi connectivity index (χ2v) is 9.16. The Morgan fingerprint density at radius 1 is 1.00 bits per heavy atom. The smallest absolute Gasteiger partial charge is 0.416 e. The molecule has 3 aromatic carbocycles. The van der Waals surface area contributed by atoms with Crippen molar-refractivity contribution in [3.63, 3.8) is 0 Å². The zero-order chi connectivity index (χ0) is 25.6. The highest BCUT2D eigenvalue weighted by molar-refractivity contribution is 7.92. The van der Waals surface area contributed by atoms with Crippen LogP contribution in [0.25, 0.3) is 0 Å². The number of hydrogen-bond donors (Lipinski definition) is 2. The van der Waals surface area contributed by atoms with E-state index >= 15 is 0 Å². The highest BCUT2D eigenvalue weighted by atomic mass is 32.2. The van der Waals surface area contributed by atoms with Gasteiger partial charge in [0.15, 0.2) is 6.61 Å². The first kappa shape index (κ1) is 25.9. The van der Waals surface area contributed by atoms with E-state index in [1.54, 1.807) is 13.0 Å². The number of methoxy groups -OCH3 is 1. The fraction of sp³-hybridized carbons (Fsp3) is 0.208. The van der Waals surface area contributed by atoms with Crippen molar-refractivity contribution in [2.24, 2.45) is 0 Å². The zero-order valence-electron chi connectivity index (χ0n) is 18.8. The van der Waals surface area contributed by atoms with Crippen LogP contribution in [0.1, 0.15) is 24.1 Å². The monoisotopic (exact) mass is 508 g/mol. The first-order valence-electron chi connectivity index (χ1n) is 10.3. The fourth-order valence-electron chi connectivity index (χ4n) is 3.22. The zero-order valence-corrected chi connectivity index (χ0v) is 19.6. The Morgan fingerprint density at radius 2 is 1.69 bits per heavy atom. The summed E-state index contributed by atoms with van der Waals surface area (Å²) in [5, 5.41) is 2.79. The molecular weight excluding hydrogens is 485 g/mol. The maximum absolute atomic E-state index is 12.9. The fourth-order valence-corrected chi connectivity index (χ4v) is 4.27. The molecule has 7 nitrogen and oxygen atoms in total. The van der Waals surface area contributed by atoms with Crippen molar-refractivity contribution in [1.82, 2.24) is 5.32 Å². The Hall–Kier alpha value is -3.73. The van der Waals surface area contributed by atoms with Gasteiger partial charge in [-0.05, 0) is 55.5 Å². The molecule has 2 N–H and O–H groups in total. The molecule has 0 saturated heterocycles. The van der Waals surface area contributed by atoms with Gasteiger partial charge >= 0.3 is 6.18 Å². The second kappa shape index (κ2) is 10.7. The average molecular weight is 509 g/mol. The summed E-state index contributed by atoms with van der Waals surface area (Å²) in [6, 6.07) is 15.9. The van der Waals surface area contributed by atoms with Gasteiger partial charge in [-0.1, -0.05) is 24.3 Å². The molecule has 35 heavy (non-hydrogen) atoms. The number of benzene rings is 3. The summed E-state index contributed by atoms with van der Waals surface area (Å²) in [5.41, 5.74) is -0.396. The summed E-state index contributed by atoms with van der Waals surface area (Å²) in [6.07, 6.45) is -4.60. The predicted octanol–water partition coefficient (Wildman–Crippen LogP) is 4.77. The van der Waals surface area contributed by atoms with Crippen molar-refractivity contribution in [1.29, 1.82) is 0 Å². The van der Waals surface area contributed by atoms with E-state index in [1.807, 2.05) is 18.2 Å². The molecule has 186 valence electrons. The van der Waals surface area contributed by atoms with Crippen LogP contribution in [0.15, 0.2) is 77.7 Å². The van der Waals surface area contributed by atoms with Crippen LogP contribution in [0.2, 0.25) is 0 Å². The lowest BCUT2D eigenvalue weighted by molar-refractivity contribution is -0.137. The minimum atomic E-state index is -4.60. The first-order chi connectivity index (χ1) is 16.5. The SMILES string of the molecule is COc1ccccc1[C@H](C)NC(=O)COc1ccc(S(=O)(=O)Nc2cccc(C(F)(F)F)c2)cc1. The number of anilines is 1. The Balaban J connectivity index is 1.59. The molecule has 0 saturated carbocycles. The Morgan fingerprint density at radius 3 is 2.34 bits per heavy atom. The number of sulfonamides is 1. The molecule has 0 aliphatic rings. The molecule has 0 bridgehead atoms. The van der Waals surface area contributed by atoms with Crippen LogP contribution in [0, 0.1) is 0 Å². The van der Waals surface area contributed by atoms with E-state index in [4.69, 9.17) is 9.47 Å². The first-order valence-corrected chi connectivity index (χ1v) is 11.8. The van der Waals surface area contributed by atoms with Crippen LogP contribution >= 0.6 is 0 Å². The molecule has 3 rings (SSSR count). The lowest BCUT2D eigenvalue weighted by Crippen LogP contribution is -2.31. The van der Waals surface area contributed by atoms with Gasteiger partial charge in [0.25, 0.3) is 15.9 Å². The van der Waals surface area contributed by atoms with Crippen molar-refractivity contribution in [2.45, 2.75) is 24.0 Å². The maximum atomic E-state index is 12.9. The summed E-state index contributed by atoms with van der Waals surface area (Å²) in [6.45, 7) is 1.49. The number of hydrogen-bond acceptors (Lipinski definition) is 5.